The second-order valence-corrected chi connectivity index (χ2v) is 5.05. The number of carbonyl (C=O) groups excluding carboxylic acids is 1. The zero-order valence-corrected chi connectivity index (χ0v) is 12.5. The molecule has 1 aliphatic heterocycles. The van der Waals surface area contributed by atoms with E-state index >= 15 is 0 Å². The first-order chi connectivity index (χ1) is 11.1. The number of hydrogen-bond acceptors (Lipinski definition) is 4. The smallest absolute Gasteiger partial charge is 0.284 e. The van der Waals surface area contributed by atoms with E-state index in [0.29, 0.717) is 22.8 Å². The van der Waals surface area contributed by atoms with Gasteiger partial charge in [-0.25, -0.2) is 9.82 Å². The summed E-state index contributed by atoms with van der Waals surface area (Å²) < 4.78 is 24.2. The van der Waals surface area contributed by atoms with Gasteiger partial charge in [-0.3, -0.25) is 4.79 Å². The molecule has 1 amide bonds. The lowest BCUT2D eigenvalue weighted by molar-refractivity contribution is -0.130. The molecule has 1 heterocycles. The lowest BCUT2D eigenvalue weighted by atomic mass is 10.1. The highest BCUT2D eigenvalue weighted by Gasteiger charge is 2.27. The molecule has 0 saturated carbocycles. The molecule has 0 spiro atoms. The third-order valence-electron chi connectivity index (χ3n) is 3.38. The number of para-hydroxylation sites is 2. The summed E-state index contributed by atoms with van der Waals surface area (Å²) in [5.41, 5.74) is 3.51. The number of nitrogens with zero attached hydrogens (tertiary/aromatic N) is 1. The van der Waals surface area contributed by atoms with Crippen LogP contribution in [0.25, 0.3) is 0 Å². The SMILES string of the molecule is C/C(=N/NC(=O)[C@H]1COc2ccccc2O1)c1cccc(F)c1. The van der Waals surface area contributed by atoms with Gasteiger partial charge in [0.2, 0.25) is 6.10 Å². The van der Waals surface area contributed by atoms with Crippen molar-refractivity contribution in [1.29, 1.82) is 0 Å². The minimum atomic E-state index is -0.783. The first-order valence-corrected chi connectivity index (χ1v) is 7.12. The van der Waals surface area contributed by atoms with Gasteiger partial charge < -0.3 is 9.47 Å². The van der Waals surface area contributed by atoms with Crippen LogP contribution in [0.4, 0.5) is 4.39 Å². The van der Waals surface area contributed by atoms with Crippen LogP contribution in [-0.2, 0) is 4.79 Å². The van der Waals surface area contributed by atoms with Crippen LogP contribution in [0, 0.1) is 5.82 Å². The van der Waals surface area contributed by atoms with Gasteiger partial charge in [0.25, 0.3) is 5.91 Å². The van der Waals surface area contributed by atoms with Crippen molar-refractivity contribution in [2.24, 2.45) is 5.10 Å². The molecule has 6 heteroatoms. The van der Waals surface area contributed by atoms with Crippen LogP contribution >= 0.6 is 0 Å². The quantitative estimate of drug-likeness (QED) is 0.699. The number of benzene rings is 2. The zero-order valence-electron chi connectivity index (χ0n) is 12.5. The Bertz CT molecular complexity index is 761. The molecule has 1 atom stereocenters. The van der Waals surface area contributed by atoms with Gasteiger partial charge in [-0.15, -0.1) is 0 Å². The first-order valence-electron chi connectivity index (χ1n) is 7.12. The molecular weight excluding hydrogens is 299 g/mol. The predicted octanol–water partition coefficient (Wildman–Crippen LogP) is 2.51. The maximum atomic E-state index is 13.2. The van der Waals surface area contributed by atoms with Gasteiger partial charge in [0.1, 0.15) is 12.4 Å². The van der Waals surface area contributed by atoms with Gasteiger partial charge in [0.15, 0.2) is 11.5 Å². The van der Waals surface area contributed by atoms with E-state index in [2.05, 4.69) is 10.5 Å². The highest BCUT2D eigenvalue weighted by molar-refractivity contribution is 5.99. The summed E-state index contributed by atoms with van der Waals surface area (Å²) in [7, 11) is 0. The second-order valence-electron chi connectivity index (χ2n) is 5.05. The van der Waals surface area contributed by atoms with Crippen molar-refractivity contribution in [3.8, 4) is 11.5 Å². The normalized spacial score (nSPS) is 16.8. The Balaban J connectivity index is 1.65. The summed E-state index contributed by atoms with van der Waals surface area (Å²) in [6.07, 6.45) is -0.783. The summed E-state index contributed by atoms with van der Waals surface area (Å²) in [5.74, 6) is 0.347. The van der Waals surface area contributed by atoms with Crippen LogP contribution in [0.2, 0.25) is 0 Å². The molecule has 1 N–H and O–H groups in total. The highest BCUT2D eigenvalue weighted by atomic mass is 19.1. The van der Waals surface area contributed by atoms with Crippen molar-refractivity contribution in [3.63, 3.8) is 0 Å². The van der Waals surface area contributed by atoms with Gasteiger partial charge >= 0.3 is 0 Å². The second kappa shape index (κ2) is 6.48. The average Bonchev–Trinajstić information content (AvgIpc) is 2.59. The molecule has 0 unspecified atom stereocenters. The Morgan fingerprint density at radius 2 is 2.00 bits per heavy atom. The van der Waals surface area contributed by atoms with Crippen molar-refractivity contribution in [3.05, 3.63) is 59.9 Å². The Kier molecular flexibility index (Phi) is 4.23. The molecule has 23 heavy (non-hydrogen) atoms. The fourth-order valence-corrected chi connectivity index (χ4v) is 2.14. The van der Waals surface area contributed by atoms with Crippen LogP contribution in [0.3, 0.4) is 0 Å². The van der Waals surface area contributed by atoms with Crippen molar-refractivity contribution >= 4 is 11.6 Å². The predicted molar refractivity (Wildman–Crippen MR) is 83.1 cm³/mol. The number of amides is 1. The third-order valence-corrected chi connectivity index (χ3v) is 3.38. The van der Waals surface area contributed by atoms with E-state index < -0.39 is 12.0 Å². The van der Waals surface area contributed by atoms with Crippen LogP contribution in [0.15, 0.2) is 53.6 Å². The van der Waals surface area contributed by atoms with Crippen LogP contribution in [0.5, 0.6) is 11.5 Å². The lowest BCUT2D eigenvalue weighted by Gasteiger charge is -2.24. The molecule has 2 aromatic rings. The number of halogens is 1. The first kappa shape index (κ1) is 15.0. The van der Waals surface area contributed by atoms with Gasteiger partial charge in [0, 0.05) is 5.56 Å². The fourth-order valence-electron chi connectivity index (χ4n) is 2.14. The van der Waals surface area contributed by atoms with E-state index in [0.717, 1.165) is 0 Å². The average molecular weight is 314 g/mol. The maximum absolute atomic E-state index is 13.2. The molecule has 0 fully saturated rings. The Morgan fingerprint density at radius 1 is 1.22 bits per heavy atom. The number of nitrogens with one attached hydrogen (secondary N) is 1. The third kappa shape index (κ3) is 3.48. The molecule has 0 saturated heterocycles. The molecule has 1 aliphatic rings. The van der Waals surface area contributed by atoms with Crippen LogP contribution < -0.4 is 14.9 Å². The topological polar surface area (TPSA) is 59.9 Å². The van der Waals surface area contributed by atoms with E-state index in [1.165, 1.54) is 12.1 Å². The maximum Gasteiger partial charge on any atom is 0.284 e. The zero-order chi connectivity index (χ0) is 16.2. The van der Waals surface area contributed by atoms with Gasteiger partial charge in [-0.1, -0.05) is 24.3 Å². The lowest BCUT2D eigenvalue weighted by Crippen LogP contribution is -2.42. The molecule has 0 radical (unpaired) electrons. The minimum Gasteiger partial charge on any atom is -0.485 e. The molecule has 0 aromatic heterocycles. The number of hydrazone groups is 1. The molecule has 5 nitrogen and oxygen atoms in total. The van der Waals surface area contributed by atoms with E-state index in [1.54, 1.807) is 37.3 Å². The summed E-state index contributed by atoms with van der Waals surface area (Å²) in [4.78, 5) is 12.1. The standard InChI is InChI=1S/C17H15FN2O3/c1-11(12-5-4-6-13(18)9-12)19-20-17(21)16-10-22-14-7-2-3-8-15(14)23-16/h2-9,16H,10H2,1H3,(H,20,21)/b19-11-/t16-/m1/s1. The molecular formula is C17H15FN2O3. The number of fused-ring (bicyclic) bond motifs is 1. The molecule has 2 aromatic carbocycles. The minimum absolute atomic E-state index is 0.109. The molecule has 0 bridgehead atoms. The van der Waals surface area contributed by atoms with E-state index in [1.807, 2.05) is 6.07 Å². The monoisotopic (exact) mass is 314 g/mol. The summed E-state index contributed by atoms with van der Waals surface area (Å²) in [5, 5.41) is 3.98. The van der Waals surface area contributed by atoms with Crippen molar-refractivity contribution in [2.45, 2.75) is 13.0 Å². The van der Waals surface area contributed by atoms with E-state index in [9.17, 15) is 9.18 Å². The van der Waals surface area contributed by atoms with Crippen molar-refractivity contribution in [2.75, 3.05) is 6.61 Å². The Hall–Kier alpha value is -2.89. The molecule has 0 aliphatic carbocycles. The number of hydrogen-bond donors (Lipinski definition) is 1. The molecule has 3 rings (SSSR count). The molecule has 118 valence electrons. The Labute approximate surface area is 132 Å². The highest BCUT2D eigenvalue weighted by Crippen LogP contribution is 2.30. The summed E-state index contributed by atoms with van der Waals surface area (Å²) >= 11 is 0. The summed E-state index contributed by atoms with van der Waals surface area (Å²) in [6.45, 7) is 1.79. The van der Waals surface area contributed by atoms with Gasteiger partial charge in [-0.2, -0.15) is 5.10 Å². The number of carbonyl (C=O) groups is 1. The van der Waals surface area contributed by atoms with Gasteiger partial charge in [-0.05, 0) is 31.2 Å². The van der Waals surface area contributed by atoms with E-state index in [4.69, 9.17) is 9.47 Å². The Morgan fingerprint density at radius 3 is 2.78 bits per heavy atom. The fraction of sp³-hybridized carbons (Fsp3) is 0.176. The van der Waals surface area contributed by atoms with Crippen molar-refractivity contribution in [1.82, 2.24) is 5.43 Å². The number of rotatable bonds is 3. The van der Waals surface area contributed by atoms with Gasteiger partial charge in [0.05, 0.1) is 5.71 Å². The van der Waals surface area contributed by atoms with Crippen LogP contribution in [-0.4, -0.2) is 24.3 Å². The largest absolute Gasteiger partial charge is 0.485 e. The van der Waals surface area contributed by atoms with E-state index in [-0.39, 0.29) is 12.4 Å². The number of ether oxygens (including phenoxy) is 2. The van der Waals surface area contributed by atoms with Crippen molar-refractivity contribution < 1.29 is 18.7 Å². The summed E-state index contributed by atoms with van der Waals surface area (Å²) in [6, 6.07) is 13.1. The van der Waals surface area contributed by atoms with Crippen LogP contribution in [0.1, 0.15) is 12.5 Å².